The lowest BCUT2D eigenvalue weighted by molar-refractivity contribution is -0.132. The third kappa shape index (κ3) is 5.13. The zero-order valence-corrected chi connectivity index (χ0v) is 14.8. The van der Waals surface area contributed by atoms with Gasteiger partial charge in [0.25, 0.3) is 5.91 Å². The van der Waals surface area contributed by atoms with Crippen molar-refractivity contribution in [2.75, 3.05) is 19.3 Å². The van der Waals surface area contributed by atoms with Gasteiger partial charge in [0.1, 0.15) is 0 Å². The topological polar surface area (TPSA) is 49.4 Å². The lowest BCUT2D eigenvalue weighted by atomic mass is 10.1. The van der Waals surface area contributed by atoms with Crippen LogP contribution in [0.2, 0.25) is 0 Å². The van der Waals surface area contributed by atoms with Crippen molar-refractivity contribution in [3.8, 4) is 0 Å². The van der Waals surface area contributed by atoms with Gasteiger partial charge in [0.05, 0.1) is 5.56 Å². The van der Waals surface area contributed by atoms with Crippen LogP contribution in [0.25, 0.3) is 0 Å². The van der Waals surface area contributed by atoms with Crippen molar-refractivity contribution < 1.29 is 9.59 Å². The Morgan fingerprint density at radius 2 is 2.13 bits per heavy atom. The van der Waals surface area contributed by atoms with Crippen LogP contribution in [0.1, 0.15) is 37.0 Å². The monoisotopic (exact) mass is 332 g/mol. The zero-order valence-electron chi connectivity index (χ0n) is 14.0. The molecule has 23 heavy (non-hydrogen) atoms. The molecule has 0 radical (unpaired) electrons. The molecule has 0 saturated carbocycles. The third-order valence-corrected chi connectivity index (χ3v) is 4.82. The Balaban J connectivity index is 2.01. The highest BCUT2D eigenvalue weighted by molar-refractivity contribution is 7.99. The first-order valence-corrected chi connectivity index (χ1v) is 8.86. The maximum atomic E-state index is 12.6. The van der Waals surface area contributed by atoms with E-state index in [1.54, 1.807) is 23.7 Å². The van der Waals surface area contributed by atoms with Crippen LogP contribution in [0.3, 0.4) is 0 Å². The van der Waals surface area contributed by atoms with Gasteiger partial charge in [-0.3, -0.25) is 9.59 Å². The van der Waals surface area contributed by atoms with Crippen LogP contribution in [0.4, 0.5) is 0 Å². The molecule has 4 nitrogen and oxygen atoms in total. The quantitative estimate of drug-likeness (QED) is 0.666. The van der Waals surface area contributed by atoms with E-state index in [9.17, 15) is 9.59 Å². The average Bonchev–Trinajstić information content (AvgIpc) is 2.51. The van der Waals surface area contributed by atoms with Gasteiger partial charge in [-0.25, -0.2) is 0 Å². The van der Waals surface area contributed by atoms with E-state index >= 15 is 0 Å². The Morgan fingerprint density at radius 3 is 2.83 bits per heavy atom. The SMILES string of the molecule is CC(C)=CCSc1ccccc1C(=O)NC1CCC(=O)N(C)C1. The molecule has 0 bridgehead atoms. The molecule has 1 aliphatic rings. The number of likely N-dealkylation sites (tertiary alicyclic amines) is 1. The van der Waals surface area contributed by atoms with Crippen LogP contribution in [-0.2, 0) is 4.79 Å². The highest BCUT2D eigenvalue weighted by Crippen LogP contribution is 2.23. The normalized spacial score (nSPS) is 17.8. The first-order chi connectivity index (χ1) is 11.0. The van der Waals surface area contributed by atoms with Gasteiger partial charge in [-0.05, 0) is 32.4 Å². The summed E-state index contributed by atoms with van der Waals surface area (Å²) >= 11 is 1.66. The number of benzene rings is 1. The molecule has 2 amide bonds. The minimum absolute atomic E-state index is 0.0287. The molecule has 0 aromatic heterocycles. The Hall–Kier alpha value is -1.75. The smallest absolute Gasteiger partial charge is 0.252 e. The standard InChI is InChI=1S/C18H24N2O2S/c1-13(2)10-11-23-16-7-5-4-6-15(16)18(22)19-14-8-9-17(21)20(3)12-14/h4-7,10,14H,8-9,11-12H2,1-3H3,(H,19,22). The van der Waals surface area contributed by atoms with Crippen molar-refractivity contribution in [3.63, 3.8) is 0 Å². The van der Waals surface area contributed by atoms with Crippen LogP contribution in [0, 0.1) is 0 Å². The molecule has 1 atom stereocenters. The van der Waals surface area contributed by atoms with Gasteiger partial charge in [0, 0.05) is 36.7 Å². The second-order valence-corrected chi connectivity index (χ2v) is 7.13. The Kier molecular flexibility index (Phi) is 6.28. The second kappa shape index (κ2) is 8.20. The molecule has 1 heterocycles. The van der Waals surface area contributed by atoms with Crippen molar-refractivity contribution in [1.29, 1.82) is 0 Å². The zero-order chi connectivity index (χ0) is 16.8. The molecule has 1 saturated heterocycles. The van der Waals surface area contributed by atoms with E-state index in [4.69, 9.17) is 0 Å². The summed E-state index contributed by atoms with van der Waals surface area (Å²) in [5, 5.41) is 3.06. The summed E-state index contributed by atoms with van der Waals surface area (Å²) < 4.78 is 0. The fourth-order valence-corrected chi connectivity index (χ4v) is 3.56. The maximum absolute atomic E-state index is 12.6. The van der Waals surface area contributed by atoms with Crippen LogP contribution in [0.15, 0.2) is 40.8 Å². The number of carbonyl (C=O) groups is 2. The van der Waals surface area contributed by atoms with Crippen molar-refractivity contribution >= 4 is 23.6 Å². The molecule has 0 aliphatic carbocycles. The summed E-state index contributed by atoms with van der Waals surface area (Å²) in [5.41, 5.74) is 1.98. The Morgan fingerprint density at radius 1 is 1.39 bits per heavy atom. The number of rotatable bonds is 5. The largest absolute Gasteiger partial charge is 0.347 e. The number of hydrogen-bond donors (Lipinski definition) is 1. The van der Waals surface area contributed by atoms with E-state index in [0.29, 0.717) is 24.9 Å². The van der Waals surface area contributed by atoms with Crippen molar-refractivity contribution in [2.24, 2.45) is 0 Å². The minimum atomic E-state index is -0.0574. The molecule has 1 fully saturated rings. The van der Waals surface area contributed by atoms with Crippen LogP contribution >= 0.6 is 11.8 Å². The first-order valence-electron chi connectivity index (χ1n) is 7.87. The lowest BCUT2D eigenvalue weighted by Crippen LogP contribution is -2.48. The molecular formula is C18H24N2O2S. The molecule has 1 aromatic carbocycles. The molecular weight excluding hydrogens is 308 g/mol. The molecule has 5 heteroatoms. The molecule has 124 valence electrons. The van der Waals surface area contributed by atoms with Gasteiger partial charge in [-0.2, -0.15) is 0 Å². The number of piperidine rings is 1. The molecule has 1 N–H and O–H groups in total. The van der Waals surface area contributed by atoms with Crippen LogP contribution < -0.4 is 5.32 Å². The first kappa shape index (κ1) is 17.6. The van der Waals surface area contributed by atoms with Gasteiger partial charge in [0.15, 0.2) is 0 Å². The van der Waals surface area contributed by atoms with Gasteiger partial charge < -0.3 is 10.2 Å². The molecule has 0 spiro atoms. The fraction of sp³-hybridized carbons (Fsp3) is 0.444. The van der Waals surface area contributed by atoms with E-state index in [1.807, 2.05) is 24.3 Å². The highest BCUT2D eigenvalue weighted by Gasteiger charge is 2.24. The molecule has 1 aliphatic heterocycles. The number of thioether (sulfide) groups is 1. The summed E-state index contributed by atoms with van der Waals surface area (Å²) in [5.74, 6) is 0.944. The summed E-state index contributed by atoms with van der Waals surface area (Å²) in [6.45, 7) is 4.72. The second-order valence-electron chi connectivity index (χ2n) is 6.07. The summed E-state index contributed by atoms with van der Waals surface area (Å²) in [6, 6.07) is 7.71. The number of likely N-dealkylation sites (N-methyl/N-ethyl adjacent to an activating group) is 1. The van der Waals surface area contributed by atoms with Crippen molar-refractivity contribution in [3.05, 3.63) is 41.5 Å². The van der Waals surface area contributed by atoms with Crippen LogP contribution in [0.5, 0.6) is 0 Å². The molecule has 1 unspecified atom stereocenters. The fourth-order valence-electron chi connectivity index (χ4n) is 2.47. The number of nitrogens with one attached hydrogen (secondary N) is 1. The Labute approximate surface area is 142 Å². The van der Waals surface area contributed by atoms with E-state index in [0.717, 1.165) is 10.6 Å². The van der Waals surface area contributed by atoms with Crippen LogP contribution in [-0.4, -0.2) is 42.1 Å². The summed E-state index contributed by atoms with van der Waals surface area (Å²) in [7, 11) is 1.78. The number of carbonyl (C=O) groups excluding carboxylic acids is 2. The lowest BCUT2D eigenvalue weighted by Gasteiger charge is -2.30. The van der Waals surface area contributed by atoms with Gasteiger partial charge >= 0.3 is 0 Å². The predicted octanol–water partition coefficient (Wildman–Crippen LogP) is 3.10. The predicted molar refractivity (Wildman–Crippen MR) is 94.7 cm³/mol. The minimum Gasteiger partial charge on any atom is -0.347 e. The van der Waals surface area contributed by atoms with Gasteiger partial charge in [-0.1, -0.05) is 23.8 Å². The van der Waals surface area contributed by atoms with Gasteiger partial charge in [0.2, 0.25) is 5.91 Å². The average molecular weight is 332 g/mol. The summed E-state index contributed by atoms with van der Waals surface area (Å²) in [6.07, 6.45) is 3.36. The highest BCUT2D eigenvalue weighted by atomic mass is 32.2. The van der Waals surface area contributed by atoms with E-state index in [-0.39, 0.29) is 17.9 Å². The number of hydrogen-bond acceptors (Lipinski definition) is 3. The number of nitrogens with zero attached hydrogens (tertiary/aromatic N) is 1. The summed E-state index contributed by atoms with van der Waals surface area (Å²) in [4.78, 5) is 26.8. The molecule has 2 rings (SSSR count). The van der Waals surface area contributed by atoms with E-state index in [2.05, 4.69) is 25.2 Å². The van der Waals surface area contributed by atoms with E-state index < -0.39 is 0 Å². The third-order valence-electron chi connectivity index (χ3n) is 3.82. The Bertz CT molecular complexity index is 609. The number of amides is 2. The van der Waals surface area contributed by atoms with E-state index in [1.165, 1.54) is 5.57 Å². The van der Waals surface area contributed by atoms with Gasteiger partial charge in [-0.15, -0.1) is 11.8 Å². The van der Waals surface area contributed by atoms with Crippen molar-refractivity contribution in [1.82, 2.24) is 10.2 Å². The maximum Gasteiger partial charge on any atom is 0.252 e. The number of allylic oxidation sites excluding steroid dienone is 1. The van der Waals surface area contributed by atoms with Crippen molar-refractivity contribution in [2.45, 2.75) is 37.6 Å². The molecule has 1 aromatic rings.